The molecule has 0 fully saturated rings. The Kier molecular flexibility index (Phi) is 8.87. The summed E-state index contributed by atoms with van der Waals surface area (Å²) in [6, 6.07) is 24.1. The maximum absolute atomic E-state index is 12.6. The Morgan fingerprint density at radius 2 is 0.925 bits per heavy atom. The lowest BCUT2D eigenvalue weighted by atomic mass is 9.96. The fourth-order valence-corrected chi connectivity index (χ4v) is 3.96. The molecule has 0 heterocycles. The fraction of sp³-hybridized carbons (Fsp3) is 0.118. The van der Waals surface area contributed by atoms with Gasteiger partial charge in [-0.25, -0.2) is 9.59 Å². The van der Waals surface area contributed by atoms with Gasteiger partial charge >= 0.3 is 11.9 Å². The summed E-state index contributed by atoms with van der Waals surface area (Å²) in [5.41, 5.74) is 4.56. The summed E-state index contributed by atoms with van der Waals surface area (Å²) >= 11 is 0. The molecule has 0 N–H and O–H groups in total. The molecule has 0 saturated carbocycles. The Bertz CT molecular complexity index is 1480. The van der Waals surface area contributed by atoms with Crippen LogP contribution in [0.4, 0.5) is 0 Å². The second-order valence-electron chi connectivity index (χ2n) is 8.77. The number of benzene rings is 4. The number of carbonyl (C=O) groups is 2. The van der Waals surface area contributed by atoms with Gasteiger partial charge in [-0.2, -0.15) is 0 Å². The molecule has 4 aromatic rings. The van der Waals surface area contributed by atoms with Gasteiger partial charge in [-0.15, -0.1) is 12.8 Å². The normalized spacial score (nSPS) is 10.1. The Labute approximate surface area is 233 Å². The highest BCUT2D eigenvalue weighted by Gasteiger charge is 2.14. The van der Waals surface area contributed by atoms with Gasteiger partial charge in [-0.05, 0) is 109 Å². The molecule has 0 radical (unpaired) electrons. The minimum Gasteiger partial charge on any atom is -0.481 e. The summed E-state index contributed by atoms with van der Waals surface area (Å²) in [6.45, 7) is 4.19. The van der Waals surface area contributed by atoms with E-state index in [1.807, 2.05) is 38.1 Å². The predicted molar refractivity (Wildman–Crippen MR) is 153 cm³/mol. The summed E-state index contributed by atoms with van der Waals surface area (Å²) in [5, 5.41) is 0. The zero-order chi connectivity index (χ0) is 28.5. The zero-order valence-corrected chi connectivity index (χ0v) is 22.1. The van der Waals surface area contributed by atoms with E-state index in [1.165, 1.54) is 0 Å². The van der Waals surface area contributed by atoms with Gasteiger partial charge in [0.25, 0.3) is 0 Å². The van der Waals surface area contributed by atoms with Crippen LogP contribution in [0.5, 0.6) is 23.0 Å². The minimum absolute atomic E-state index is 0.155. The van der Waals surface area contributed by atoms with Crippen LogP contribution in [0, 0.1) is 38.5 Å². The molecule has 0 amide bonds. The van der Waals surface area contributed by atoms with Crippen molar-refractivity contribution in [3.8, 4) is 58.8 Å². The number of aryl methyl sites for hydroxylation is 2. The number of hydrogen-bond donors (Lipinski definition) is 0. The first-order valence-electron chi connectivity index (χ1n) is 12.4. The quantitative estimate of drug-likeness (QED) is 0.141. The van der Waals surface area contributed by atoms with Gasteiger partial charge in [0.05, 0.1) is 11.1 Å². The van der Waals surface area contributed by atoms with E-state index < -0.39 is 11.9 Å². The lowest BCUT2D eigenvalue weighted by Crippen LogP contribution is -2.09. The minimum atomic E-state index is -0.479. The standard InChI is InChI=1S/C34H26O6/c1-5-19-37-27-11-7-25(8-12-27)33(35)39-29-15-17-31(23(3)21-29)32-18-16-30(22-24(32)4)40-34(36)26-9-13-28(14-10-26)38-20-6-2/h1-2,7-18,21-22H,19-20H2,3-4H3. The molecule has 6 nitrogen and oxygen atoms in total. The van der Waals surface area contributed by atoms with Crippen molar-refractivity contribution in [1.82, 2.24) is 0 Å². The van der Waals surface area contributed by atoms with Gasteiger partial charge in [0.15, 0.2) is 0 Å². The van der Waals surface area contributed by atoms with Crippen LogP contribution in [-0.2, 0) is 0 Å². The highest BCUT2D eigenvalue weighted by Crippen LogP contribution is 2.32. The number of ether oxygens (including phenoxy) is 4. The summed E-state index contributed by atoms with van der Waals surface area (Å²) < 4.78 is 21.8. The van der Waals surface area contributed by atoms with Gasteiger partial charge in [0.2, 0.25) is 0 Å². The Morgan fingerprint density at radius 3 is 1.25 bits per heavy atom. The van der Waals surface area contributed by atoms with E-state index >= 15 is 0 Å². The molecule has 0 unspecified atom stereocenters. The molecule has 0 aliphatic carbocycles. The van der Waals surface area contributed by atoms with E-state index in [0.717, 1.165) is 22.3 Å². The molecule has 0 atom stereocenters. The Morgan fingerprint density at radius 1 is 0.575 bits per heavy atom. The average Bonchev–Trinajstić information content (AvgIpc) is 2.96. The van der Waals surface area contributed by atoms with E-state index in [2.05, 4.69) is 11.8 Å². The molecule has 4 aromatic carbocycles. The second kappa shape index (κ2) is 12.9. The van der Waals surface area contributed by atoms with Crippen LogP contribution in [0.3, 0.4) is 0 Å². The topological polar surface area (TPSA) is 71.1 Å². The Hall–Kier alpha value is -5.46. The van der Waals surface area contributed by atoms with Gasteiger partial charge < -0.3 is 18.9 Å². The van der Waals surface area contributed by atoms with Crippen molar-refractivity contribution in [1.29, 1.82) is 0 Å². The average molecular weight is 531 g/mol. The molecule has 6 heteroatoms. The van der Waals surface area contributed by atoms with E-state index in [4.69, 9.17) is 31.8 Å². The van der Waals surface area contributed by atoms with Gasteiger partial charge in [0, 0.05) is 0 Å². The van der Waals surface area contributed by atoms with Crippen LogP contribution in [0.15, 0.2) is 84.9 Å². The molecule has 40 heavy (non-hydrogen) atoms. The number of carbonyl (C=O) groups excluding carboxylic acids is 2. The second-order valence-corrected chi connectivity index (χ2v) is 8.77. The predicted octanol–water partition coefficient (Wildman–Crippen LogP) is 6.43. The van der Waals surface area contributed by atoms with Gasteiger partial charge in [-0.1, -0.05) is 24.0 Å². The van der Waals surface area contributed by atoms with E-state index in [9.17, 15) is 9.59 Å². The van der Waals surface area contributed by atoms with E-state index in [-0.39, 0.29) is 13.2 Å². The maximum Gasteiger partial charge on any atom is 0.343 e. The highest BCUT2D eigenvalue weighted by molar-refractivity contribution is 5.92. The van der Waals surface area contributed by atoms with Crippen LogP contribution < -0.4 is 18.9 Å². The summed E-state index contributed by atoms with van der Waals surface area (Å²) in [5.74, 6) is 5.83. The van der Waals surface area contributed by atoms with Crippen molar-refractivity contribution >= 4 is 11.9 Å². The van der Waals surface area contributed by atoms with E-state index in [1.54, 1.807) is 60.7 Å². The molecule has 4 rings (SSSR count). The zero-order valence-electron chi connectivity index (χ0n) is 22.1. The van der Waals surface area contributed by atoms with Crippen molar-refractivity contribution in [2.24, 2.45) is 0 Å². The Balaban J connectivity index is 1.41. The molecular formula is C34H26O6. The molecule has 198 valence electrons. The molecule has 0 bridgehead atoms. The molecular weight excluding hydrogens is 504 g/mol. The van der Waals surface area contributed by atoms with Crippen molar-refractivity contribution < 1.29 is 28.5 Å². The fourth-order valence-electron chi connectivity index (χ4n) is 3.96. The first-order chi connectivity index (χ1) is 19.4. The van der Waals surface area contributed by atoms with Crippen molar-refractivity contribution in [3.63, 3.8) is 0 Å². The third kappa shape index (κ3) is 6.89. The van der Waals surface area contributed by atoms with Crippen molar-refractivity contribution in [3.05, 3.63) is 107 Å². The molecule has 0 saturated heterocycles. The van der Waals surface area contributed by atoms with Gasteiger partial charge in [-0.3, -0.25) is 0 Å². The lowest BCUT2D eigenvalue weighted by molar-refractivity contribution is 0.0725. The van der Waals surface area contributed by atoms with Crippen molar-refractivity contribution in [2.75, 3.05) is 13.2 Å². The number of hydrogen-bond acceptors (Lipinski definition) is 6. The van der Waals surface area contributed by atoms with Crippen LogP contribution in [0.2, 0.25) is 0 Å². The third-order valence-electron chi connectivity index (χ3n) is 5.93. The number of rotatable bonds is 9. The first kappa shape index (κ1) is 27.6. The van der Waals surface area contributed by atoms with Crippen LogP contribution >= 0.6 is 0 Å². The largest absolute Gasteiger partial charge is 0.481 e. The summed E-state index contributed by atoms with van der Waals surface area (Å²) in [4.78, 5) is 25.2. The third-order valence-corrected chi connectivity index (χ3v) is 5.93. The van der Waals surface area contributed by atoms with Crippen LogP contribution in [0.1, 0.15) is 31.8 Å². The lowest BCUT2D eigenvalue weighted by Gasteiger charge is -2.13. The number of esters is 2. The summed E-state index contributed by atoms with van der Waals surface area (Å²) in [6.07, 6.45) is 10.4. The highest BCUT2D eigenvalue weighted by atomic mass is 16.5. The molecule has 0 spiro atoms. The van der Waals surface area contributed by atoms with E-state index in [0.29, 0.717) is 34.1 Å². The molecule has 0 aromatic heterocycles. The van der Waals surface area contributed by atoms with Gasteiger partial charge in [0.1, 0.15) is 36.2 Å². The van der Waals surface area contributed by atoms with Crippen LogP contribution in [0.25, 0.3) is 11.1 Å². The van der Waals surface area contributed by atoms with Crippen molar-refractivity contribution in [2.45, 2.75) is 13.8 Å². The smallest absolute Gasteiger partial charge is 0.343 e. The monoisotopic (exact) mass is 530 g/mol. The first-order valence-corrected chi connectivity index (χ1v) is 12.4. The molecule has 0 aliphatic rings. The SMILES string of the molecule is C#CCOc1ccc(C(=O)Oc2ccc(-c3ccc(OC(=O)c4ccc(OCC#C)cc4)cc3C)c(C)c2)cc1. The maximum atomic E-state index is 12.6. The molecule has 0 aliphatic heterocycles. The number of terminal acetylenes is 2. The summed E-state index contributed by atoms with van der Waals surface area (Å²) in [7, 11) is 0. The van der Waals surface area contributed by atoms with Crippen LogP contribution in [-0.4, -0.2) is 25.2 Å².